The van der Waals surface area contributed by atoms with Crippen LogP contribution in [0.15, 0.2) is 36.4 Å². The third kappa shape index (κ3) is 3.22. The molecule has 0 bridgehead atoms. The predicted octanol–water partition coefficient (Wildman–Crippen LogP) is 2.23. The number of nitrogens with one attached hydrogen (secondary N) is 1. The van der Waals surface area contributed by atoms with Crippen LogP contribution in [0, 0.1) is 0 Å². The minimum Gasteiger partial charge on any atom is -0.490 e. The molecule has 3 heterocycles. The molecule has 0 saturated carbocycles. The van der Waals surface area contributed by atoms with E-state index in [1.165, 1.54) is 0 Å². The highest BCUT2D eigenvalue weighted by molar-refractivity contribution is 6.11. The Labute approximate surface area is 177 Å². The number of ketones is 1. The Bertz CT molecular complexity index is 1100. The van der Waals surface area contributed by atoms with Crippen molar-refractivity contribution in [2.45, 2.75) is 18.9 Å². The molecule has 2 aromatic rings. The van der Waals surface area contributed by atoms with Gasteiger partial charge in [-0.25, -0.2) is 4.79 Å². The molecule has 0 aromatic heterocycles. The molecule has 31 heavy (non-hydrogen) atoms. The van der Waals surface area contributed by atoms with Crippen LogP contribution in [0.1, 0.15) is 29.3 Å². The summed E-state index contributed by atoms with van der Waals surface area (Å²) in [5, 5.41) is 2.70. The average Bonchev–Trinajstić information content (AvgIpc) is 3.22. The molecule has 0 radical (unpaired) electrons. The maximum Gasteiger partial charge on any atom is 0.325 e. The van der Waals surface area contributed by atoms with Gasteiger partial charge in [-0.15, -0.1) is 0 Å². The van der Waals surface area contributed by atoms with Gasteiger partial charge in [0, 0.05) is 12.0 Å². The van der Waals surface area contributed by atoms with Gasteiger partial charge in [0.25, 0.3) is 5.91 Å². The summed E-state index contributed by atoms with van der Waals surface area (Å²) in [5.41, 5.74) is -0.439. The number of ether oxygens (including phenoxy) is 4. The molecule has 2 aromatic carbocycles. The van der Waals surface area contributed by atoms with Gasteiger partial charge in [-0.3, -0.25) is 14.5 Å². The number of carbonyl (C=O) groups is 3. The summed E-state index contributed by atoms with van der Waals surface area (Å²) in [6.45, 7) is 2.35. The summed E-state index contributed by atoms with van der Waals surface area (Å²) in [5.74, 6) is 1.23. The van der Waals surface area contributed by atoms with Crippen molar-refractivity contribution < 1.29 is 33.3 Å². The highest BCUT2D eigenvalue weighted by atomic mass is 16.7. The van der Waals surface area contributed by atoms with Crippen LogP contribution in [0.5, 0.6) is 23.0 Å². The fourth-order valence-electron chi connectivity index (χ4n) is 3.82. The third-order valence-electron chi connectivity index (χ3n) is 5.60. The minimum atomic E-state index is -1.32. The van der Waals surface area contributed by atoms with Crippen molar-refractivity contribution in [3.8, 4) is 23.0 Å². The number of Topliss-reactive ketones (excluding diaryl/α,β-unsaturated/α-hetero) is 1. The maximum absolute atomic E-state index is 13.2. The van der Waals surface area contributed by atoms with Crippen molar-refractivity contribution in [1.29, 1.82) is 0 Å². The molecule has 1 fully saturated rings. The van der Waals surface area contributed by atoms with Crippen molar-refractivity contribution in [3.63, 3.8) is 0 Å². The van der Waals surface area contributed by atoms with Crippen LogP contribution in [0.25, 0.3) is 0 Å². The molecule has 3 aliphatic heterocycles. The summed E-state index contributed by atoms with van der Waals surface area (Å²) < 4.78 is 21.9. The van der Waals surface area contributed by atoms with E-state index in [9.17, 15) is 14.4 Å². The molecular weight excluding hydrogens is 404 g/mol. The predicted molar refractivity (Wildman–Crippen MR) is 107 cm³/mol. The van der Waals surface area contributed by atoms with Gasteiger partial charge in [-0.1, -0.05) is 6.07 Å². The van der Waals surface area contributed by atoms with E-state index in [1.807, 2.05) is 0 Å². The molecule has 1 N–H and O–H groups in total. The van der Waals surface area contributed by atoms with Crippen molar-refractivity contribution in [1.82, 2.24) is 10.2 Å². The lowest BCUT2D eigenvalue weighted by Gasteiger charge is -2.22. The number of hydrogen-bond donors (Lipinski definition) is 1. The summed E-state index contributed by atoms with van der Waals surface area (Å²) in [6, 6.07) is 9.26. The van der Waals surface area contributed by atoms with Crippen molar-refractivity contribution >= 4 is 17.7 Å². The summed E-state index contributed by atoms with van der Waals surface area (Å²) >= 11 is 0. The van der Waals surface area contributed by atoms with Crippen LogP contribution in [-0.2, 0) is 10.3 Å². The smallest absolute Gasteiger partial charge is 0.325 e. The zero-order chi connectivity index (χ0) is 21.6. The number of hydrogen-bond acceptors (Lipinski definition) is 7. The lowest BCUT2D eigenvalue weighted by Crippen LogP contribution is -2.41. The number of urea groups is 1. The Morgan fingerprint density at radius 2 is 1.65 bits per heavy atom. The molecular formula is C22H20N2O7. The topological polar surface area (TPSA) is 103 Å². The van der Waals surface area contributed by atoms with Gasteiger partial charge in [0.05, 0.1) is 19.8 Å². The largest absolute Gasteiger partial charge is 0.490 e. The van der Waals surface area contributed by atoms with Gasteiger partial charge in [0.2, 0.25) is 6.79 Å². The first kappa shape index (κ1) is 19.2. The number of imide groups is 1. The Morgan fingerprint density at radius 1 is 0.968 bits per heavy atom. The fraction of sp³-hybridized carbons (Fsp3) is 0.318. The van der Waals surface area contributed by atoms with Gasteiger partial charge < -0.3 is 24.3 Å². The van der Waals surface area contributed by atoms with Gasteiger partial charge in [0.1, 0.15) is 5.54 Å². The van der Waals surface area contributed by atoms with Gasteiger partial charge in [-0.05, 0) is 42.8 Å². The maximum atomic E-state index is 13.2. The summed E-state index contributed by atoms with van der Waals surface area (Å²) in [4.78, 5) is 39.5. The Hall–Kier alpha value is -3.75. The monoisotopic (exact) mass is 424 g/mol. The van der Waals surface area contributed by atoms with Gasteiger partial charge in [0.15, 0.2) is 28.8 Å². The molecule has 1 atom stereocenters. The van der Waals surface area contributed by atoms with E-state index in [0.29, 0.717) is 47.3 Å². The van der Waals surface area contributed by atoms with Crippen LogP contribution in [0.3, 0.4) is 0 Å². The molecule has 3 aliphatic rings. The molecule has 3 amide bonds. The third-order valence-corrected chi connectivity index (χ3v) is 5.60. The number of carbonyl (C=O) groups excluding carboxylic acids is 3. The van der Waals surface area contributed by atoms with Crippen LogP contribution < -0.4 is 24.3 Å². The fourth-order valence-corrected chi connectivity index (χ4v) is 3.82. The lowest BCUT2D eigenvalue weighted by atomic mass is 9.91. The van der Waals surface area contributed by atoms with E-state index >= 15 is 0 Å². The first-order valence-electron chi connectivity index (χ1n) is 9.93. The highest BCUT2D eigenvalue weighted by Gasteiger charge is 2.50. The SMILES string of the molecule is C[C@@]1(c2ccc3c(c2)OCO3)NC(=O)N(CC(=O)c2ccc3c(c2)OCCCO3)C1=O. The van der Waals surface area contributed by atoms with E-state index in [1.54, 1.807) is 43.3 Å². The van der Waals surface area contributed by atoms with Crippen molar-refractivity contribution in [2.75, 3.05) is 26.6 Å². The highest BCUT2D eigenvalue weighted by Crippen LogP contribution is 2.38. The van der Waals surface area contributed by atoms with Crippen LogP contribution in [-0.4, -0.2) is 49.2 Å². The van der Waals surface area contributed by atoms with Crippen molar-refractivity contribution in [3.05, 3.63) is 47.5 Å². The minimum absolute atomic E-state index is 0.103. The average molecular weight is 424 g/mol. The quantitative estimate of drug-likeness (QED) is 0.593. The van der Waals surface area contributed by atoms with E-state index in [-0.39, 0.29) is 19.1 Å². The summed E-state index contributed by atoms with van der Waals surface area (Å²) in [6.07, 6.45) is 0.749. The van der Waals surface area contributed by atoms with Crippen LogP contribution >= 0.6 is 0 Å². The zero-order valence-corrected chi connectivity index (χ0v) is 16.8. The van der Waals surface area contributed by atoms with E-state index < -0.39 is 17.5 Å². The molecule has 0 aliphatic carbocycles. The van der Waals surface area contributed by atoms with Crippen LogP contribution in [0.2, 0.25) is 0 Å². The summed E-state index contributed by atoms with van der Waals surface area (Å²) in [7, 11) is 0. The van der Waals surface area contributed by atoms with Gasteiger partial charge in [-0.2, -0.15) is 0 Å². The van der Waals surface area contributed by atoms with E-state index in [2.05, 4.69) is 5.32 Å². The zero-order valence-electron chi connectivity index (χ0n) is 16.8. The number of fused-ring (bicyclic) bond motifs is 2. The molecule has 0 spiro atoms. The Balaban J connectivity index is 1.36. The van der Waals surface area contributed by atoms with Crippen molar-refractivity contribution in [2.24, 2.45) is 0 Å². The van der Waals surface area contributed by atoms with E-state index in [0.717, 1.165) is 11.3 Å². The van der Waals surface area contributed by atoms with E-state index in [4.69, 9.17) is 18.9 Å². The Kier molecular flexibility index (Phi) is 4.46. The second kappa shape index (κ2) is 7.19. The van der Waals surface area contributed by atoms with Gasteiger partial charge >= 0.3 is 6.03 Å². The normalized spacial score (nSPS) is 21.6. The first-order chi connectivity index (χ1) is 15.0. The standard InChI is InChI=1S/C22H20N2O7/c1-22(14-4-6-17-19(10-14)31-12-30-17)20(26)24(21(27)23-22)11-15(25)13-3-5-16-18(9-13)29-8-2-7-28-16/h3-6,9-10H,2,7-8,11-12H2,1H3,(H,23,27)/t22-/m0/s1. The first-order valence-corrected chi connectivity index (χ1v) is 9.93. The number of rotatable bonds is 4. The Morgan fingerprint density at radius 3 is 2.48 bits per heavy atom. The molecule has 0 unspecified atom stereocenters. The van der Waals surface area contributed by atoms with Crippen LogP contribution in [0.4, 0.5) is 4.79 Å². The molecule has 5 rings (SSSR count). The number of benzene rings is 2. The molecule has 160 valence electrons. The molecule has 9 heteroatoms. The molecule has 1 saturated heterocycles. The number of nitrogens with zero attached hydrogens (tertiary/aromatic N) is 1. The lowest BCUT2D eigenvalue weighted by molar-refractivity contribution is -0.130. The second-order valence-electron chi connectivity index (χ2n) is 7.65. The second-order valence-corrected chi connectivity index (χ2v) is 7.65. The number of amides is 3. The molecule has 9 nitrogen and oxygen atoms in total.